The molecule has 2 heterocycles. The number of carbonyl (C=O) groups is 1. The van der Waals surface area contributed by atoms with E-state index in [0.29, 0.717) is 55.3 Å². The Hall–Kier alpha value is -2.02. The topological polar surface area (TPSA) is 68.0 Å². The van der Waals surface area contributed by atoms with E-state index in [1.165, 1.54) is 5.57 Å². The molecular weight excluding hydrogens is 438 g/mol. The Labute approximate surface area is 203 Å². The number of likely N-dealkylation sites (tertiary alicyclic amines) is 1. The van der Waals surface area contributed by atoms with Crippen LogP contribution in [-0.2, 0) is 11.3 Å². The van der Waals surface area contributed by atoms with Gasteiger partial charge in [-0.3, -0.25) is 9.69 Å². The number of rotatable bonds is 9. The predicted octanol–water partition coefficient (Wildman–Crippen LogP) is 4.27. The van der Waals surface area contributed by atoms with Gasteiger partial charge in [0.2, 0.25) is 5.91 Å². The summed E-state index contributed by atoms with van der Waals surface area (Å²) in [5, 5.41) is 0.539. The monoisotopic (exact) mass is 475 g/mol. The van der Waals surface area contributed by atoms with Crippen LogP contribution in [0.25, 0.3) is 0 Å². The van der Waals surface area contributed by atoms with Gasteiger partial charge in [-0.1, -0.05) is 43.7 Å². The first-order valence-corrected chi connectivity index (χ1v) is 12.4. The first-order valence-electron chi connectivity index (χ1n) is 12.0. The molecular formula is C26H38ClN3O3. The largest absolute Gasteiger partial charge is 0.489 e. The maximum absolute atomic E-state index is 13.6. The molecule has 1 unspecified atom stereocenters. The van der Waals surface area contributed by atoms with Crippen molar-refractivity contribution < 1.29 is 14.3 Å². The van der Waals surface area contributed by atoms with E-state index in [4.69, 9.17) is 26.8 Å². The van der Waals surface area contributed by atoms with Crippen molar-refractivity contribution in [3.05, 3.63) is 46.5 Å². The van der Waals surface area contributed by atoms with E-state index in [1.54, 1.807) is 0 Å². The van der Waals surface area contributed by atoms with Crippen molar-refractivity contribution in [3.63, 3.8) is 0 Å². The van der Waals surface area contributed by atoms with Gasteiger partial charge in [0.1, 0.15) is 0 Å². The third kappa shape index (κ3) is 7.23. The number of allylic oxidation sites excluding steroid dienone is 1. The third-order valence-electron chi connectivity index (χ3n) is 5.92. The lowest BCUT2D eigenvalue weighted by molar-refractivity contribution is -0.136. The third-order valence-corrected chi connectivity index (χ3v) is 6.20. The van der Waals surface area contributed by atoms with Gasteiger partial charge in [0.05, 0.1) is 24.2 Å². The zero-order valence-corrected chi connectivity index (χ0v) is 20.9. The average molecular weight is 476 g/mol. The number of carbonyl (C=O) groups excluding carboxylic acids is 1. The second kappa shape index (κ2) is 12.4. The van der Waals surface area contributed by atoms with Gasteiger partial charge < -0.3 is 20.1 Å². The number of hydrogen-bond donors (Lipinski definition) is 1. The molecule has 182 valence electrons. The van der Waals surface area contributed by atoms with E-state index in [9.17, 15) is 4.79 Å². The van der Waals surface area contributed by atoms with Crippen molar-refractivity contribution in [2.24, 2.45) is 17.6 Å². The van der Waals surface area contributed by atoms with Gasteiger partial charge >= 0.3 is 0 Å². The standard InChI is InChI=1S/C26H38ClN3O3/c1-4-6-20(7-9-28)16-29-10-8-22(18-29)26(31)30(15-19(2)3)17-21-13-23(27)25-24(14-21)32-11-5-12-33-25/h4,6-7,13-14,19,22H,5,8-12,15-18,28H2,1-3H3. The molecule has 2 aliphatic heterocycles. The summed E-state index contributed by atoms with van der Waals surface area (Å²) in [6.45, 7) is 11.8. The number of amides is 1. The van der Waals surface area contributed by atoms with Crippen LogP contribution in [0.4, 0.5) is 0 Å². The Morgan fingerprint density at radius 3 is 2.85 bits per heavy atom. The summed E-state index contributed by atoms with van der Waals surface area (Å²) >= 11 is 6.50. The summed E-state index contributed by atoms with van der Waals surface area (Å²) in [6.07, 6.45) is 7.88. The molecule has 0 bridgehead atoms. The second-order valence-electron chi connectivity index (χ2n) is 9.30. The summed E-state index contributed by atoms with van der Waals surface area (Å²) in [5.74, 6) is 1.86. The van der Waals surface area contributed by atoms with Crippen LogP contribution in [0.3, 0.4) is 0 Å². The molecule has 1 fully saturated rings. The van der Waals surface area contributed by atoms with E-state index < -0.39 is 0 Å². The number of benzene rings is 1. The van der Waals surface area contributed by atoms with Crippen LogP contribution in [0, 0.1) is 11.8 Å². The van der Waals surface area contributed by atoms with Crippen LogP contribution >= 0.6 is 11.6 Å². The van der Waals surface area contributed by atoms with E-state index in [2.05, 4.69) is 24.8 Å². The first-order chi connectivity index (χ1) is 15.9. The van der Waals surface area contributed by atoms with E-state index in [0.717, 1.165) is 38.0 Å². The SMILES string of the molecule is CC=CC(=CCN)CN1CCC(C(=O)N(Cc2cc(Cl)c3c(c2)OCCCO3)CC(C)C)C1. The van der Waals surface area contributed by atoms with Crippen molar-refractivity contribution in [1.82, 2.24) is 9.80 Å². The Bertz CT molecular complexity index is 869. The number of hydrogen-bond acceptors (Lipinski definition) is 5. The molecule has 1 saturated heterocycles. The number of nitrogens with zero attached hydrogens (tertiary/aromatic N) is 2. The Kier molecular flexibility index (Phi) is 9.65. The maximum atomic E-state index is 13.6. The molecule has 6 nitrogen and oxygen atoms in total. The molecule has 1 atom stereocenters. The molecule has 0 aliphatic carbocycles. The zero-order chi connectivity index (χ0) is 23.8. The minimum atomic E-state index is 0.00404. The first kappa shape index (κ1) is 25.6. The lowest BCUT2D eigenvalue weighted by atomic mass is 10.0. The van der Waals surface area contributed by atoms with Crippen LogP contribution in [0.5, 0.6) is 11.5 Å². The molecule has 0 spiro atoms. The number of ether oxygens (including phenoxy) is 2. The number of halogens is 1. The summed E-state index contributed by atoms with van der Waals surface area (Å²) in [5.41, 5.74) is 7.88. The van der Waals surface area contributed by atoms with Crippen LogP contribution in [-0.4, -0.2) is 61.6 Å². The quantitative estimate of drug-likeness (QED) is 0.540. The number of nitrogens with two attached hydrogens (primary N) is 1. The van der Waals surface area contributed by atoms with Crippen molar-refractivity contribution in [2.75, 3.05) is 45.9 Å². The van der Waals surface area contributed by atoms with Crippen molar-refractivity contribution in [3.8, 4) is 11.5 Å². The minimum Gasteiger partial charge on any atom is -0.489 e. The highest BCUT2D eigenvalue weighted by Gasteiger charge is 2.32. The molecule has 0 saturated carbocycles. The smallest absolute Gasteiger partial charge is 0.227 e. The second-order valence-corrected chi connectivity index (χ2v) is 9.71. The summed E-state index contributed by atoms with van der Waals surface area (Å²) < 4.78 is 11.6. The van der Waals surface area contributed by atoms with Gasteiger partial charge in [0.25, 0.3) is 0 Å². The fraction of sp³-hybridized carbons (Fsp3) is 0.577. The van der Waals surface area contributed by atoms with E-state index in [1.807, 2.05) is 36.1 Å². The highest BCUT2D eigenvalue weighted by Crippen LogP contribution is 2.38. The maximum Gasteiger partial charge on any atom is 0.227 e. The van der Waals surface area contributed by atoms with Gasteiger partial charge in [-0.2, -0.15) is 0 Å². The van der Waals surface area contributed by atoms with Crippen molar-refractivity contribution >= 4 is 17.5 Å². The highest BCUT2D eigenvalue weighted by molar-refractivity contribution is 6.32. The van der Waals surface area contributed by atoms with Gasteiger partial charge in [0.15, 0.2) is 11.5 Å². The van der Waals surface area contributed by atoms with Gasteiger partial charge in [-0.15, -0.1) is 0 Å². The molecule has 2 aliphatic rings. The Morgan fingerprint density at radius 1 is 1.33 bits per heavy atom. The lowest BCUT2D eigenvalue weighted by Crippen LogP contribution is -2.39. The normalized spacial score (nSPS) is 19.3. The molecule has 33 heavy (non-hydrogen) atoms. The van der Waals surface area contributed by atoms with E-state index in [-0.39, 0.29) is 11.8 Å². The van der Waals surface area contributed by atoms with Crippen LogP contribution < -0.4 is 15.2 Å². The average Bonchev–Trinajstić information content (AvgIpc) is 3.09. The molecule has 1 aromatic carbocycles. The van der Waals surface area contributed by atoms with Crippen LogP contribution in [0.15, 0.2) is 35.9 Å². The Morgan fingerprint density at radius 2 is 2.12 bits per heavy atom. The highest BCUT2D eigenvalue weighted by atomic mass is 35.5. The predicted molar refractivity (Wildman–Crippen MR) is 134 cm³/mol. The van der Waals surface area contributed by atoms with Crippen LogP contribution in [0.1, 0.15) is 39.2 Å². The summed E-state index contributed by atoms with van der Waals surface area (Å²) in [4.78, 5) is 17.9. The molecule has 7 heteroatoms. The van der Waals surface area contributed by atoms with Crippen molar-refractivity contribution in [2.45, 2.75) is 40.2 Å². The number of fused-ring (bicyclic) bond motifs is 1. The summed E-state index contributed by atoms with van der Waals surface area (Å²) in [7, 11) is 0. The molecule has 2 N–H and O–H groups in total. The van der Waals surface area contributed by atoms with Gasteiger partial charge in [-0.25, -0.2) is 0 Å². The fourth-order valence-electron chi connectivity index (χ4n) is 4.51. The molecule has 1 aromatic rings. The van der Waals surface area contributed by atoms with E-state index >= 15 is 0 Å². The van der Waals surface area contributed by atoms with Gasteiger partial charge in [-0.05, 0) is 49.1 Å². The molecule has 0 radical (unpaired) electrons. The van der Waals surface area contributed by atoms with Crippen molar-refractivity contribution in [1.29, 1.82) is 0 Å². The molecule has 3 rings (SSSR count). The Balaban J connectivity index is 1.70. The van der Waals surface area contributed by atoms with Crippen LogP contribution in [0.2, 0.25) is 5.02 Å². The lowest BCUT2D eigenvalue weighted by Gasteiger charge is -2.28. The zero-order valence-electron chi connectivity index (χ0n) is 20.2. The molecule has 1 amide bonds. The summed E-state index contributed by atoms with van der Waals surface area (Å²) in [6, 6.07) is 3.87. The minimum absolute atomic E-state index is 0.00404. The van der Waals surface area contributed by atoms with Gasteiger partial charge in [0, 0.05) is 39.1 Å². The molecule has 0 aromatic heterocycles. The fourth-order valence-corrected chi connectivity index (χ4v) is 4.80.